The van der Waals surface area contributed by atoms with E-state index in [1.54, 1.807) is 17.9 Å². The minimum Gasteiger partial charge on any atom is -0.491 e. The number of hydrogen-bond acceptors (Lipinski definition) is 7. The Morgan fingerprint density at radius 1 is 1.00 bits per heavy atom. The largest absolute Gasteiger partial charge is 0.491 e. The van der Waals surface area contributed by atoms with Crippen molar-refractivity contribution in [2.75, 3.05) is 44.4 Å². The maximum atomic E-state index is 15.6. The molecule has 9 nitrogen and oxygen atoms in total. The summed E-state index contributed by atoms with van der Waals surface area (Å²) < 4.78 is 33.1. The van der Waals surface area contributed by atoms with Gasteiger partial charge in [-0.05, 0) is 68.7 Å². The normalized spacial score (nSPS) is 14.7. The average Bonchev–Trinajstić information content (AvgIpc) is 3.58. The molecule has 2 aliphatic heterocycles. The highest BCUT2D eigenvalue weighted by atomic mass is 19.1. The van der Waals surface area contributed by atoms with Crippen molar-refractivity contribution < 1.29 is 33.3 Å². The van der Waals surface area contributed by atoms with Crippen LogP contribution in [0.5, 0.6) is 17.2 Å². The standard InChI is InChI=1S/C33H44FN3O6/c1-6-41-26-18-22-19-37(32(35)28(22)29(34)31(26)42-7-2)20-25(38)21-16-23(33(3,4)5)30(43-15-11-8-12-27(39)40)24(17-21)36-13-9-10-14-36/h16-18,35H,6-15,19-20H2,1-5H3,(H,39,40). The number of nitrogens with one attached hydrogen (secondary N) is 1. The first kappa shape index (κ1) is 32.1. The highest BCUT2D eigenvalue weighted by molar-refractivity contribution is 6.06. The molecule has 2 heterocycles. The molecule has 0 radical (unpaired) electrons. The van der Waals surface area contributed by atoms with E-state index < -0.39 is 11.8 Å². The van der Waals surface area contributed by atoms with Gasteiger partial charge in [0, 0.05) is 37.2 Å². The lowest BCUT2D eigenvalue weighted by Gasteiger charge is -2.30. The Kier molecular flexibility index (Phi) is 10.2. The predicted molar refractivity (Wildman–Crippen MR) is 164 cm³/mol. The fourth-order valence-corrected chi connectivity index (χ4v) is 5.65. The summed E-state index contributed by atoms with van der Waals surface area (Å²) in [5, 5.41) is 17.7. The molecule has 2 N–H and O–H groups in total. The molecule has 0 atom stereocenters. The minimum absolute atomic E-state index is 0.00958. The second-order valence-electron chi connectivity index (χ2n) is 12.1. The third kappa shape index (κ3) is 7.22. The van der Waals surface area contributed by atoms with E-state index in [2.05, 4.69) is 25.7 Å². The van der Waals surface area contributed by atoms with E-state index in [4.69, 9.17) is 24.7 Å². The molecule has 2 aromatic rings. The molecule has 1 fully saturated rings. The Bertz CT molecular complexity index is 1360. The molecule has 4 rings (SSSR count). The number of unbranched alkanes of at least 4 members (excludes halogenated alkanes) is 1. The highest BCUT2D eigenvalue weighted by Crippen LogP contribution is 2.42. The predicted octanol–water partition coefficient (Wildman–Crippen LogP) is 6.18. The van der Waals surface area contributed by atoms with Crippen LogP contribution in [0.1, 0.15) is 93.8 Å². The van der Waals surface area contributed by atoms with Gasteiger partial charge in [0.05, 0.1) is 37.6 Å². The number of halogens is 1. The van der Waals surface area contributed by atoms with Crippen LogP contribution in [0.4, 0.5) is 10.1 Å². The zero-order chi connectivity index (χ0) is 31.3. The Balaban J connectivity index is 1.63. The number of benzene rings is 2. The summed E-state index contributed by atoms with van der Waals surface area (Å²) in [4.78, 5) is 28.6. The summed E-state index contributed by atoms with van der Waals surface area (Å²) in [5.41, 5.74) is 2.65. The molecule has 0 unspecified atom stereocenters. The third-order valence-corrected chi connectivity index (χ3v) is 7.78. The first-order chi connectivity index (χ1) is 20.5. The summed E-state index contributed by atoms with van der Waals surface area (Å²) >= 11 is 0. The lowest BCUT2D eigenvalue weighted by Crippen LogP contribution is -2.31. The van der Waals surface area contributed by atoms with E-state index in [9.17, 15) is 9.59 Å². The average molecular weight is 598 g/mol. The van der Waals surface area contributed by atoms with E-state index in [-0.39, 0.29) is 54.5 Å². The summed E-state index contributed by atoms with van der Waals surface area (Å²) in [6.45, 7) is 12.6. The summed E-state index contributed by atoms with van der Waals surface area (Å²) in [6.07, 6.45) is 3.33. The van der Waals surface area contributed by atoms with Gasteiger partial charge in [-0.15, -0.1) is 0 Å². The van der Waals surface area contributed by atoms with Crippen LogP contribution in [-0.4, -0.2) is 67.0 Å². The Morgan fingerprint density at radius 3 is 2.33 bits per heavy atom. The molecule has 2 aliphatic rings. The van der Waals surface area contributed by atoms with Crippen LogP contribution >= 0.6 is 0 Å². The Labute approximate surface area is 253 Å². The Morgan fingerprint density at radius 2 is 1.70 bits per heavy atom. The molecule has 0 bridgehead atoms. The monoisotopic (exact) mass is 597 g/mol. The molecule has 2 aromatic carbocycles. The van der Waals surface area contributed by atoms with Crippen LogP contribution in [-0.2, 0) is 16.8 Å². The van der Waals surface area contributed by atoms with Gasteiger partial charge in [-0.25, -0.2) is 4.39 Å². The lowest BCUT2D eigenvalue weighted by atomic mass is 9.84. The van der Waals surface area contributed by atoms with Crippen LogP contribution in [0.3, 0.4) is 0 Å². The second-order valence-corrected chi connectivity index (χ2v) is 12.1. The first-order valence-electron chi connectivity index (χ1n) is 15.2. The van der Waals surface area contributed by atoms with E-state index in [0.29, 0.717) is 42.9 Å². The van der Waals surface area contributed by atoms with Crippen LogP contribution < -0.4 is 19.1 Å². The number of carboxylic acids is 1. The summed E-state index contributed by atoms with van der Waals surface area (Å²) in [6, 6.07) is 5.46. The van der Waals surface area contributed by atoms with Crippen LogP contribution in [0.15, 0.2) is 18.2 Å². The van der Waals surface area contributed by atoms with Crippen LogP contribution in [0.25, 0.3) is 0 Å². The van der Waals surface area contributed by atoms with Gasteiger partial charge in [0.25, 0.3) is 0 Å². The molecule has 43 heavy (non-hydrogen) atoms. The number of nitrogens with zero attached hydrogens (tertiary/aromatic N) is 2. The molecule has 0 spiro atoms. The van der Waals surface area contributed by atoms with Crippen molar-refractivity contribution in [1.82, 2.24) is 4.90 Å². The molecule has 0 aromatic heterocycles. The van der Waals surface area contributed by atoms with Crippen molar-refractivity contribution in [3.05, 3.63) is 46.3 Å². The van der Waals surface area contributed by atoms with Crippen LogP contribution in [0, 0.1) is 11.2 Å². The molecule has 0 saturated carbocycles. The zero-order valence-electron chi connectivity index (χ0n) is 26.0. The van der Waals surface area contributed by atoms with Gasteiger partial charge in [-0.1, -0.05) is 20.8 Å². The number of ketones is 1. The molecule has 0 aliphatic carbocycles. The number of fused-ring (bicyclic) bond motifs is 1. The summed E-state index contributed by atoms with van der Waals surface area (Å²) in [5.74, 6) is -0.670. The van der Waals surface area contributed by atoms with E-state index in [0.717, 1.165) is 42.9 Å². The van der Waals surface area contributed by atoms with Crippen molar-refractivity contribution in [2.45, 2.75) is 78.7 Å². The van der Waals surface area contributed by atoms with Crippen LogP contribution in [0.2, 0.25) is 0 Å². The second kappa shape index (κ2) is 13.7. The molecule has 10 heteroatoms. The first-order valence-corrected chi connectivity index (χ1v) is 15.2. The van der Waals surface area contributed by atoms with E-state index in [1.807, 2.05) is 19.1 Å². The van der Waals surface area contributed by atoms with Gasteiger partial charge in [0.15, 0.2) is 23.1 Å². The van der Waals surface area contributed by atoms with Crippen molar-refractivity contribution in [1.29, 1.82) is 5.41 Å². The number of carbonyl (C=O) groups is 2. The smallest absolute Gasteiger partial charge is 0.303 e. The molecular formula is C33H44FN3O6. The minimum atomic E-state index is -0.822. The molecular weight excluding hydrogens is 553 g/mol. The number of carbonyl (C=O) groups excluding carboxylic acids is 1. The number of ether oxygens (including phenoxy) is 3. The summed E-state index contributed by atoms with van der Waals surface area (Å²) in [7, 11) is 0. The van der Waals surface area contributed by atoms with Gasteiger partial charge in [0.2, 0.25) is 0 Å². The van der Waals surface area contributed by atoms with Gasteiger partial charge in [-0.3, -0.25) is 15.0 Å². The van der Waals surface area contributed by atoms with Gasteiger partial charge >= 0.3 is 5.97 Å². The zero-order valence-corrected chi connectivity index (χ0v) is 26.0. The van der Waals surface area contributed by atoms with Crippen molar-refractivity contribution in [2.24, 2.45) is 0 Å². The Hall–Kier alpha value is -3.82. The molecule has 1 saturated heterocycles. The lowest BCUT2D eigenvalue weighted by molar-refractivity contribution is -0.137. The SMILES string of the molecule is CCOc1cc2c(c(F)c1OCC)C(=N)N(CC(=O)c1cc(N3CCCC3)c(OCCCCC(=O)O)c(C(C)(C)C)c1)C2. The van der Waals surface area contributed by atoms with Gasteiger partial charge in [0.1, 0.15) is 11.6 Å². The van der Waals surface area contributed by atoms with E-state index >= 15 is 4.39 Å². The number of rotatable bonds is 14. The highest BCUT2D eigenvalue weighted by Gasteiger charge is 2.34. The van der Waals surface area contributed by atoms with E-state index in [1.165, 1.54) is 0 Å². The van der Waals surface area contributed by atoms with Crippen molar-refractivity contribution in [3.63, 3.8) is 0 Å². The number of aliphatic carboxylic acids is 1. The quantitative estimate of drug-likeness (QED) is 0.196. The topological polar surface area (TPSA) is 112 Å². The number of anilines is 1. The fourth-order valence-electron chi connectivity index (χ4n) is 5.65. The molecule has 0 amide bonds. The van der Waals surface area contributed by atoms with Crippen molar-refractivity contribution >= 4 is 23.3 Å². The molecule has 234 valence electrons. The number of carboxylic acid groups (broad SMARTS) is 1. The number of hydrogen-bond donors (Lipinski definition) is 2. The maximum absolute atomic E-state index is 15.6. The third-order valence-electron chi connectivity index (χ3n) is 7.78. The number of Topliss-reactive ketones (excluding diaryl/α,β-unsaturated/α-hetero) is 1. The fraction of sp³-hybridized carbons (Fsp3) is 0.545. The van der Waals surface area contributed by atoms with Gasteiger partial charge in [-0.2, -0.15) is 0 Å². The van der Waals surface area contributed by atoms with Gasteiger partial charge < -0.3 is 29.1 Å². The number of amidine groups is 1. The van der Waals surface area contributed by atoms with Crippen molar-refractivity contribution in [3.8, 4) is 17.2 Å². The maximum Gasteiger partial charge on any atom is 0.303 e.